The van der Waals surface area contributed by atoms with Crippen LogP contribution in [0.1, 0.15) is 41.0 Å². The first-order valence-electron chi connectivity index (χ1n) is 8.40. The second-order valence-corrected chi connectivity index (χ2v) is 6.06. The fourth-order valence-corrected chi connectivity index (χ4v) is 2.91. The summed E-state index contributed by atoms with van der Waals surface area (Å²) in [6.45, 7) is 1.53. The van der Waals surface area contributed by atoms with Crippen molar-refractivity contribution in [1.82, 2.24) is 15.0 Å². The van der Waals surface area contributed by atoms with Crippen molar-refractivity contribution in [2.45, 2.75) is 25.2 Å². The average molecular weight is 363 g/mol. The Labute approximate surface area is 149 Å². The van der Waals surface area contributed by atoms with Gasteiger partial charge in [0.25, 0.3) is 5.91 Å². The van der Waals surface area contributed by atoms with Crippen LogP contribution in [0.15, 0.2) is 26.1 Å². The van der Waals surface area contributed by atoms with Gasteiger partial charge in [-0.2, -0.15) is 4.98 Å². The summed E-state index contributed by atoms with van der Waals surface area (Å²) in [6, 6.07) is 1.15. The molecule has 0 aromatic carbocycles. The van der Waals surface area contributed by atoms with Crippen molar-refractivity contribution in [2.75, 3.05) is 33.9 Å². The van der Waals surface area contributed by atoms with Gasteiger partial charge in [0, 0.05) is 32.7 Å². The van der Waals surface area contributed by atoms with Crippen LogP contribution in [0.5, 0.6) is 5.75 Å². The summed E-state index contributed by atoms with van der Waals surface area (Å²) in [6.07, 6.45) is 3.37. The van der Waals surface area contributed by atoms with Gasteiger partial charge in [-0.3, -0.25) is 9.59 Å². The third-order valence-electron chi connectivity index (χ3n) is 4.30. The fourth-order valence-electron chi connectivity index (χ4n) is 2.91. The third-order valence-corrected chi connectivity index (χ3v) is 4.30. The summed E-state index contributed by atoms with van der Waals surface area (Å²) in [7, 11) is 2.98. The minimum Gasteiger partial charge on any atom is -0.490 e. The van der Waals surface area contributed by atoms with E-state index < -0.39 is 5.43 Å². The van der Waals surface area contributed by atoms with E-state index in [-0.39, 0.29) is 23.3 Å². The Bertz CT molecular complexity index is 815. The summed E-state index contributed by atoms with van der Waals surface area (Å²) in [5, 5.41) is 3.94. The predicted molar refractivity (Wildman–Crippen MR) is 89.3 cm³/mol. The highest BCUT2D eigenvalue weighted by Crippen LogP contribution is 2.26. The Balaban J connectivity index is 1.69. The molecule has 26 heavy (non-hydrogen) atoms. The molecule has 1 saturated heterocycles. The number of hydrogen-bond acceptors (Lipinski definition) is 8. The van der Waals surface area contributed by atoms with E-state index in [0.717, 1.165) is 25.2 Å². The number of nitrogens with zero attached hydrogens (tertiary/aromatic N) is 3. The lowest BCUT2D eigenvalue weighted by atomic mass is 9.97. The molecule has 1 fully saturated rings. The van der Waals surface area contributed by atoms with Crippen molar-refractivity contribution in [1.29, 1.82) is 0 Å². The Morgan fingerprint density at radius 3 is 3.00 bits per heavy atom. The van der Waals surface area contributed by atoms with Gasteiger partial charge in [0.2, 0.25) is 17.1 Å². The second-order valence-electron chi connectivity index (χ2n) is 6.06. The van der Waals surface area contributed by atoms with Crippen molar-refractivity contribution in [3.05, 3.63) is 40.0 Å². The first-order valence-corrected chi connectivity index (χ1v) is 8.40. The average Bonchev–Trinajstić information content (AvgIpc) is 3.15. The molecule has 0 unspecified atom stereocenters. The first-order chi connectivity index (χ1) is 12.6. The van der Waals surface area contributed by atoms with Crippen molar-refractivity contribution in [3.8, 4) is 5.75 Å². The van der Waals surface area contributed by atoms with Gasteiger partial charge in [-0.25, -0.2) is 0 Å². The smallest absolute Gasteiger partial charge is 0.289 e. The van der Waals surface area contributed by atoms with E-state index in [1.807, 2.05) is 0 Å². The Hall–Kier alpha value is -2.68. The summed E-state index contributed by atoms with van der Waals surface area (Å²) in [5.74, 6) is 0.779. The second kappa shape index (κ2) is 8.13. The fraction of sp³-hybridized carbons (Fsp3) is 0.529. The molecule has 9 nitrogen and oxygen atoms in total. The molecule has 1 amide bonds. The molecule has 2 aromatic heterocycles. The number of carbonyl (C=O) groups excluding carboxylic acids is 1. The number of ether oxygens (including phenoxy) is 2. The number of methoxy groups -OCH3 is 2. The van der Waals surface area contributed by atoms with Crippen LogP contribution < -0.4 is 10.2 Å². The van der Waals surface area contributed by atoms with Gasteiger partial charge in [-0.1, -0.05) is 5.16 Å². The molecule has 0 aliphatic carbocycles. The SMILES string of the molecule is COCCc1noc([C@@H]2CCCN(C(=O)c3cc(=O)c(OC)co3)C2)n1. The quantitative estimate of drug-likeness (QED) is 0.754. The van der Waals surface area contributed by atoms with Gasteiger partial charge in [0.15, 0.2) is 11.6 Å². The Kier molecular flexibility index (Phi) is 5.67. The lowest BCUT2D eigenvalue weighted by Gasteiger charge is -2.30. The molecule has 140 valence electrons. The molecule has 2 aromatic rings. The number of hydrogen-bond donors (Lipinski definition) is 0. The van der Waals surface area contributed by atoms with E-state index in [9.17, 15) is 9.59 Å². The van der Waals surface area contributed by atoms with Gasteiger partial charge < -0.3 is 23.3 Å². The number of aromatic nitrogens is 2. The van der Waals surface area contributed by atoms with Gasteiger partial charge in [-0.15, -0.1) is 0 Å². The minimum atomic E-state index is -0.393. The summed E-state index contributed by atoms with van der Waals surface area (Å²) < 4.78 is 20.5. The molecular weight excluding hydrogens is 342 g/mol. The molecule has 1 atom stereocenters. The van der Waals surface area contributed by atoms with Crippen molar-refractivity contribution in [3.63, 3.8) is 0 Å². The highest BCUT2D eigenvalue weighted by atomic mass is 16.5. The van der Waals surface area contributed by atoms with E-state index >= 15 is 0 Å². The third kappa shape index (κ3) is 3.93. The molecule has 0 spiro atoms. The molecule has 0 radical (unpaired) electrons. The van der Waals surface area contributed by atoms with E-state index in [2.05, 4.69) is 10.1 Å². The van der Waals surface area contributed by atoms with E-state index in [1.54, 1.807) is 12.0 Å². The topological polar surface area (TPSA) is 108 Å². The first kappa shape index (κ1) is 18.1. The van der Waals surface area contributed by atoms with Crippen molar-refractivity contribution < 1.29 is 23.2 Å². The molecule has 0 bridgehead atoms. The van der Waals surface area contributed by atoms with Crippen LogP contribution in [0, 0.1) is 0 Å². The monoisotopic (exact) mass is 363 g/mol. The van der Waals surface area contributed by atoms with E-state index in [0.29, 0.717) is 37.8 Å². The molecule has 0 N–H and O–H groups in total. The number of rotatable bonds is 6. The highest BCUT2D eigenvalue weighted by Gasteiger charge is 2.30. The van der Waals surface area contributed by atoms with Gasteiger partial charge in [0.1, 0.15) is 6.26 Å². The summed E-state index contributed by atoms with van der Waals surface area (Å²) in [5.41, 5.74) is -0.393. The van der Waals surface area contributed by atoms with Gasteiger partial charge in [-0.05, 0) is 12.8 Å². The van der Waals surface area contributed by atoms with E-state index in [4.69, 9.17) is 18.4 Å². The van der Waals surface area contributed by atoms with E-state index in [1.165, 1.54) is 7.11 Å². The number of likely N-dealkylation sites (tertiary alicyclic amines) is 1. The summed E-state index contributed by atoms with van der Waals surface area (Å²) in [4.78, 5) is 30.5. The lowest BCUT2D eigenvalue weighted by molar-refractivity contribution is 0.0660. The van der Waals surface area contributed by atoms with Crippen LogP contribution in [0.4, 0.5) is 0 Å². The van der Waals surface area contributed by atoms with Gasteiger partial charge >= 0.3 is 0 Å². The maximum absolute atomic E-state index is 12.6. The zero-order chi connectivity index (χ0) is 18.5. The zero-order valence-corrected chi connectivity index (χ0v) is 14.8. The molecule has 3 heterocycles. The van der Waals surface area contributed by atoms with Crippen LogP contribution in [0.2, 0.25) is 0 Å². The maximum atomic E-state index is 12.6. The zero-order valence-electron chi connectivity index (χ0n) is 14.8. The number of piperidine rings is 1. The largest absolute Gasteiger partial charge is 0.490 e. The Morgan fingerprint density at radius 1 is 1.42 bits per heavy atom. The Morgan fingerprint density at radius 2 is 2.27 bits per heavy atom. The number of carbonyl (C=O) groups is 1. The molecule has 9 heteroatoms. The van der Waals surface area contributed by atoms with Crippen molar-refractivity contribution >= 4 is 5.91 Å². The molecular formula is C17H21N3O6. The molecule has 0 saturated carbocycles. The molecule has 3 rings (SSSR count). The summed E-state index contributed by atoms with van der Waals surface area (Å²) >= 11 is 0. The number of amides is 1. The highest BCUT2D eigenvalue weighted by molar-refractivity contribution is 5.91. The predicted octanol–water partition coefficient (Wildman–Crippen LogP) is 1.24. The normalized spacial score (nSPS) is 17.3. The van der Waals surface area contributed by atoms with Crippen molar-refractivity contribution in [2.24, 2.45) is 0 Å². The van der Waals surface area contributed by atoms with Gasteiger partial charge in [0.05, 0.1) is 19.6 Å². The van der Waals surface area contributed by atoms with Crippen LogP contribution >= 0.6 is 0 Å². The van der Waals surface area contributed by atoms with Crippen LogP contribution in [-0.2, 0) is 11.2 Å². The van der Waals surface area contributed by atoms with Crippen LogP contribution in [0.25, 0.3) is 0 Å². The standard InChI is InChI=1S/C17H21N3O6/c1-23-7-5-15-18-16(26-19-15)11-4-3-6-20(9-11)17(22)13-8-12(21)14(24-2)10-25-13/h8,10-11H,3-7,9H2,1-2H3/t11-/m1/s1. The molecule has 1 aliphatic heterocycles. The maximum Gasteiger partial charge on any atom is 0.289 e. The lowest BCUT2D eigenvalue weighted by Crippen LogP contribution is -2.39. The molecule has 1 aliphatic rings. The van der Waals surface area contributed by atoms with Crippen LogP contribution in [0.3, 0.4) is 0 Å². The van der Waals surface area contributed by atoms with Crippen LogP contribution in [-0.4, -0.2) is 54.9 Å². The minimum absolute atomic E-state index is 0.0113.